The van der Waals surface area contributed by atoms with Crippen LogP contribution in [0.5, 0.6) is 0 Å². The van der Waals surface area contributed by atoms with Crippen molar-refractivity contribution >= 4 is 41.2 Å². The predicted molar refractivity (Wildman–Crippen MR) is 93.5 cm³/mol. The summed E-state index contributed by atoms with van der Waals surface area (Å²) < 4.78 is 0. The van der Waals surface area contributed by atoms with Gasteiger partial charge in [-0.1, -0.05) is 29.3 Å². The van der Waals surface area contributed by atoms with Gasteiger partial charge in [0, 0.05) is 26.7 Å². The molecule has 2 saturated heterocycles. The van der Waals surface area contributed by atoms with Crippen LogP contribution in [0.1, 0.15) is 18.4 Å². The number of hydrogen-bond acceptors (Lipinski definition) is 3. The molecule has 2 fully saturated rings. The zero-order valence-electron chi connectivity index (χ0n) is 13.6. The topological polar surface area (TPSA) is 81.8 Å². The van der Waals surface area contributed by atoms with E-state index in [4.69, 9.17) is 23.2 Å². The molecule has 0 atom stereocenters. The molecular formula is C16H18Cl2N4O3. The maximum Gasteiger partial charge on any atom is 0.324 e. The monoisotopic (exact) mass is 384 g/mol. The van der Waals surface area contributed by atoms with E-state index in [-0.39, 0.29) is 18.0 Å². The normalized spacial score (nSPS) is 19.3. The summed E-state index contributed by atoms with van der Waals surface area (Å²) in [7, 11) is 1.46. The SMILES string of the molecule is CN1C(=O)NC2(CCN(C(=O)NCc3ccc(Cl)c(Cl)c3)CC2)C1=O. The van der Waals surface area contributed by atoms with Crippen LogP contribution in [0, 0.1) is 0 Å². The van der Waals surface area contributed by atoms with Crippen molar-refractivity contribution < 1.29 is 14.4 Å². The highest BCUT2D eigenvalue weighted by Crippen LogP contribution is 2.28. The van der Waals surface area contributed by atoms with Crippen molar-refractivity contribution in [2.45, 2.75) is 24.9 Å². The molecule has 1 aromatic rings. The lowest BCUT2D eigenvalue weighted by Gasteiger charge is -2.37. The maximum absolute atomic E-state index is 12.3. The van der Waals surface area contributed by atoms with Gasteiger partial charge in [0.05, 0.1) is 10.0 Å². The number of benzene rings is 1. The Hall–Kier alpha value is -1.99. The summed E-state index contributed by atoms with van der Waals surface area (Å²) in [5.74, 6) is -0.228. The lowest BCUT2D eigenvalue weighted by Crippen LogP contribution is -2.57. The second kappa shape index (κ2) is 6.72. The molecule has 2 aliphatic rings. The number of nitrogens with one attached hydrogen (secondary N) is 2. The summed E-state index contributed by atoms with van der Waals surface area (Å²) in [6.07, 6.45) is 0.810. The molecule has 0 aliphatic carbocycles. The number of carbonyl (C=O) groups excluding carboxylic acids is 3. The first-order valence-electron chi connectivity index (χ1n) is 7.89. The molecule has 0 bridgehead atoms. The van der Waals surface area contributed by atoms with Gasteiger partial charge >= 0.3 is 12.1 Å². The standard InChI is InChI=1S/C16H18Cl2N4O3/c1-21-13(23)16(20-15(21)25)4-6-22(7-5-16)14(24)19-9-10-2-3-11(17)12(18)8-10/h2-3,8H,4-7,9H2,1H3,(H,19,24)(H,20,25). The first-order chi connectivity index (χ1) is 11.8. The minimum Gasteiger partial charge on any atom is -0.334 e. The summed E-state index contributed by atoms with van der Waals surface area (Å²) in [5, 5.41) is 6.48. The summed E-state index contributed by atoms with van der Waals surface area (Å²) >= 11 is 11.8. The average Bonchev–Trinajstić information content (AvgIpc) is 2.80. The Bertz CT molecular complexity index is 732. The van der Waals surface area contributed by atoms with Crippen molar-refractivity contribution in [3.8, 4) is 0 Å². The molecule has 1 spiro atoms. The largest absolute Gasteiger partial charge is 0.334 e. The van der Waals surface area contributed by atoms with E-state index in [2.05, 4.69) is 10.6 Å². The van der Waals surface area contributed by atoms with Crippen LogP contribution in [0.3, 0.4) is 0 Å². The molecule has 7 nitrogen and oxygen atoms in total. The van der Waals surface area contributed by atoms with E-state index in [1.165, 1.54) is 7.05 Å². The van der Waals surface area contributed by atoms with Crippen molar-refractivity contribution in [3.05, 3.63) is 33.8 Å². The summed E-state index contributed by atoms with van der Waals surface area (Å²) in [4.78, 5) is 39.0. The molecular weight excluding hydrogens is 367 g/mol. The molecule has 1 aromatic carbocycles. The lowest BCUT2D eigenvalue weighted by molar-refractivity contribution is -0.131. The summed E-state index contributed by atoms with van der Waals surface area (Å²) in [5.41, 5.74) is -0.0251. The number of amides is 5. The number of likely N-dealkylation sites (tertiary alicyclic amines) is 1. The van der Waals surface area contributed by atoms with E-state index < -0.39 is 5.54 Å². The molecule has 134 valence electrons. The molecule has 0 saturated carbocycles. The van der Waals surface area contributed by atoms with Crippen LogP contribution in [0.25, 0.3) is 0 Å². The number of urea groups is 2. The van der Waals surface area contributed by atoms with Gasteiger partial charge in [-0.15, -0.1) is 0 Å². The first kappa shape index (κ1) is 17.8. The number of hydrogen-bond donors (Lipinski definition) is 2. The number of halogens is 2. The van der Waals surface area contributed by atoms with Crippen molar-refractivity contribution in [1.29, 1.82) is 0 Å². The lowest BCUT2D eigenvalue weighted by atomic mass is 9.87. The van der Waals surface area contributed by atoms with E-state index >= 15 is 0 Å². The second-order valence-electron chi connectivity index (χ2n) is 6.27. The second-order valence-corrected chi connectivity index (χ2v) is 7.09. The predicted octanol–water partition coefficient (Wildman–Crippen LogP) is 2.22. The fraction of sp³-hybridized carbons (Fsp3) is 0.438. The Balaban J connectivity index is 1.54. The molecule has 2 N–H and O–H groups in total. The van der Waals surface area contributed by atoms with Crippen LogP contribution < -0.4 is 10.6 Å². The van der Waals surface area contributed by atoms with E-state index in [9.17, 15) is 14.4 Å². The number of likely N-dealkylation sites (N-methyl/N-ethyl adjacent to an activating group) is 1. The number of nitrogens with zero attached hydrogens (tertiary/aromatic N) is 2. The minimum absolute atomic E-state index is 0.217. The van der Waals surface area contributed by atoms with Crippen molar-refractivity contribution in [2.75, 3.05) is 20.1 Å². The highest BCUT2D eigenvalue weighted by atomic mass is 35.5. The van der Waals surface area contributed by atoms with Gasteiger partial charge < -0.3 is 15.5 Å². The Morgan fingerprint density at radius 1 is 1.24 bits per heavy atom. The highest BCUT2D eigenvalue weighted by Gasteiger charge is 2.51. The third kappa shape index (κ3) is 3.39. The quantitative estimate of drug-likeness (QED) is 0.766. The van der Waals surface area contributed by atoms with Crippen LogP contribution in [0.2, 0.25) is 10.0 Å². The van der Waals surface area contributed by atoms with Crippen molar-refractivity contribution in [1.82, 2.24) is 20.4 Å². The Morgan fingerprint density at radius 3 is 2.48 bits per heavy atom. The van der Waals surface area contributed by atoms with E-state index in [1.54, 1.807) is 23.1 Å². The van der Waals surface area contributed by atoms with Gasteiger partial charge in [0.15, 0.2) is 0 Å². The van der Waals surface area contributed by atoms with Gasteiger partial charge in [-0.25, -0.2) is 9.59 Å². The van der Waals surface area contributed by atoms with E-state index in [1.807, 2.05) is 0 Å². The van der Waals surface area contributed by atoms with Crippen LogP contribution in [0.4, 0.5) is 9.59 Å². The fourth-order valence-corrected chi connectivity index (χ4v) is 3.45. The van der Waals surface area contributed by atoms with Crippen molar-refractivity contribution in [3.63, 3.8) is 0 Å². The van der Waals surface area contributed by atoms with Gasteiger partial charge in [0.1, 0.15) is 5.54 Å². The smallest absolute Gasteiger partial charge is 0.324 e. The number of imide groups is 1. The molecule has 0 radical (unpaired) electrons. The zero-order valence-corrected chi connectivity index (χ0v) is 15.2. The third-order valence-electron chi connectivity index (χ3n) is 4.70. The number of carbonyl (C=O) groups is 3. The van der Waals surface area contributed by atoms with E-state index in [0.717, 1.165) is 10.5 Å². The molecule has 3 rings (SSSR count). The highest BCUT2D eigenvalue weighted by molar-refractivity contribution is 6.42. The molecule has 5 amide bonds. The van der Waals surface area contributed by atoms with Gasteiger partial charge in [-0.3, -0.25) is 9.69 Å². The Morgan fingerprint density at radius 2 is 1.92 bits per heavy atom. The molecule has 9 heteroatoms. The molecule has 2 aliphatic heterocycles. The van der Waals surface area contributed by atoms with Gasteiger partial charge in [-0.2, -0.15) is 0 Å². The molecule has 2 heterocycles. The van der Waals surface area contributed by atoms with E-state index in [0.29, 0.717) is 42.5 Å². The van der Waals surface area contributed by atoms with Gasteiger partial charge in [-0.05, 0) is 30.5 Å². The van der Waals surface area contributed by atoms with Crippen LogP contribution in [0.15, 0.2) is 18.2 Å². The summed E-state index contributed by atoms with van der Waals surface area (Å²) in [6, 6.07) is 4.58. The Kier molecular flexibility index (Phi) is 4.79. The molecule has 0 unspecified atom stereocenters. The average molecular weight is 385 g/mol. The van der Waals surface area contributed by atoms with Crippen LogP contribution >= 0.6 is 23.2 Å². The number of piperidine rings is 1. The van der Waals surface area contributed by atoms with Crippen LogP contribution in [-0.2, 0) is 11.3 Å². The van der Waals surface area contributed by atoms with Gasteiger partial charge in [0.2, 0.25) is 0 Å². The fourth-order valence-electron chi connectivity index (χ4n) is 3.12. The van der Waals surface area contributed by atoms with Crippen molar-refractivity contribution in [2.24, 2.45) is 0 Å². The summed E-state index contributed by atoms with van der Waals surface area (Å²) in [6.45, 7) is 1.12. The third-order valence-corrected chi connectivity index (χ3v) is 5.44. The Labute approximate surface area is 155 Å². The molecule has 0 aromatic heterocycles. The maximum atomic E-state index is 12.3. The molecule has 25 heavy (non-hydrogen) atoms. The zero-order chi connectivity index (χ0) is 18.2. The van der Waals surface area contributed by atoms with Gasteiger partial charge in [0.25, 0.3) is 5.91 Å². The minimum atomic E-state index is -0.869. The number of rotatable bonds is 2. The van der Waals surface area contributed by atoms with Crippen LogP contribution in [-0.4, -0.2) is 53.4 Å². The first-order valence-corrected chi connectivity index (χ1v) is 8.65.